The zero-order chi connectivity index (χ0) is 7.11. The molecule has 0 spiro atoms. The molecule has 1 heteroatoms. The number of hydrogen-bond donors (Lipinski definition) is 0. The number of ether oxygens (including phenoxy) is 1. The van der Waals surface area contributed by atoms with Gasteiger partial charge < -0.3 is 4.74 Å². The monoisotopic (exact) mass is 128 g/mol. The van der Waals surface area contributed by atoms with Crippen molar-refractivity contribution in [2.24, 2.45) is 5.92 Å². The van der Waals surface area contributed by atoms with Crippen LogP contribution in [-0.2, 0) is 4.74 Å². The van der Waals surface area contributed by atoms with Gasteiger partial charge in [0.15, 0.2) is 0 Å². The maximum atomic E-state index is 5.14. The van der Waals surface area contributed by atoms with Crippen LogP contribution in [0.15, 0.2) is 13.2 Å². The highest BCUT2D eigenvalue weighted by Crippen LogP contribution is 2.11. The van der Waals surface area contributed by atoms with E-state index in [2.05, 4.69) is 20.1 Å². The van der Waals surface area contributed by atoms with Crippen LogP contribution in [0.3, 0.4) is 0 Å². The SMILES string of the molecule is C=C.CC1CCOCC1. The fourth-order valence-corrected chi connectivity index (χ4v) is 0.815. The van der Waals surface area contributed by atoms with Crippen LogP contribution in [-0.4, -0.2) is 13.2 Å². The van der Waals surface area contributed by atoms with Gasteiger partial charge in [0.1, 0.15) is 0 Å². The van der Waals surface area contributed by atoms with Crippen LogP contribution in [0.4, 0.5) is 0 Å². The van der Waals surface area contributed by atoms with Crippen molar-refractivity contribution in [1.29, 1.82) is 0 Å². The van der Waals surface area contributed by atoms with Crippen molar-refractivity contribution in [2.45, 2.75) is 19.8 Å². The molecule has 0 aromatic rings. The van der Waals surface area contributed by atoms with Gasteiger partial charge in [-0.25, -0.2) is 0 Å². The van der Waals surface area contributed by atoms with Crippen molar-refractivity contribution in [3.8, 4) is 0 Å². The smallest absolute Gasteiger partial charge is 0.0468 e. The average molecular weight is 128 g/mol. The molecule has 1 aliphatic rings. The molecule has 54 valence electrons. The summed E-state index contributed by atoms with van der Waals surface area (Å²) < 4.78 is 5.14. The Morgan fingerprint density at radius 3 is 1.89 bits per heavy atom. The van der Waals surface area contributed by atoms with Crippen LogP contribution in [0.1, 0.15) is 19.8 Å². The summed E-state index contributed by atoms with van der Waals surface area (Å²) in [7, 11) is 0. The third-order valence-electron chi connectivity index (χ3n) is 1.51. The minimum absolute atomic E-state index is 0.911. The van der Waals surface area contributed by atoms with Gasteiger partial charge in [0.25, 0.3) is 0 Å². The maximum Gasteiger partial charge on any atom is 0.0468 e. The molecule has 0 unspecified atom stereocenters. The highest BCUT2D eigenvalue weighted by atomic mass is 16.5. The van der Waals surface area contributed by atoms with Crippen molar-refractivity contribution in [3.05, 3.63) is 13.2 Å². The highest BCUT2D eigenvalue weighted by Gasteiger charge is 2.06. The molecule has 0 aromatic carbocycles. The topological polar surface area (TPSA) is 9.23 Å². The molecule has 1 nitrogen and oxygen atoms in total. The molecule has 1 aliphatic heterocycles. The Labute approximate surface area is 57.7 Å². The molecule has 1 heterocycles. The zero-order valence-electron chi connectivity index (χ0n) is 6.23. The second-order valence-corrected chi connectivity index (χ2v) is 2.29. The van der Waals surface area contributed by atoms with Crippen LogP contribution >= 0.6 is 0 Å². The van der Waals surface area contributed by atoms with Gasteiger partial charge >= 0.3 is 0 Å². The van der Waals surface area contributed by atoms with Gasteiger partial charge in [0, 0.05) is 13.2 Å². The van der Waals surface area contributed by atoms with Crippen molar-refractivity contribution >= 4 is 0 Å². The van der Waals surface area contributed by atoms with Gasteiger partial charge in [-0.15, -0.1) is 13.2 Å². The standard InChI is InChI=1S/C6H12O.C2H4/c1-6-2-4-7-5-3-6;1-2/h6H,2-5H2,1H3;1-2H2. The van der Waals surface area contributed by atoms with Gasteiger partial charge in [-0.3, -0.25) is 0 Å². The average Bonchev–Trinajstić information content (AvgIpc) is 1.94. The Morgan fingerprint density at radius 2 is 1.67 bits per heavy atom. The first-order chi connectivity index (χ1) is 4.39. The lowest BCUT2D eigenvalue weighted by Crippen LogP contribution is -2.12. The van der Waals surface area contributed by atoms with E-state index in [0.29, 0.717) is 0 Å². The van der Waals surface area contributed by atoms with E-state index in [4.69, 9.17) is 4.74 Å². The molecule has 1 saturated heterocycles. The Hall–Kier alpha value is -0.300. The third-order valence-corrected chi connectivity index (χ3v) is 1.51. The zero-order valence-corrected chi connectivity index (χ0v) is 6.23. The Morgan fingerprint density at radius 1 is 1.22 bits per heavy atom. The van der Waals surface area contributed by atoms with Gasteiger partial charge in [0.05, 0.1) is 0 Å². The molecule has 0 bridgehead atoms. The van der Waals surface area contributed by atoms with Gasteiger partial charge in [-0.1, -0.05) is 6.92 Å². The summed E-state index contributed by atoms with van der Waals surface area (Å²) in [6.45, 7) is 10.3. The molecule has 9 heavy (non-hydrogen) atoms. The quantitative estimate of drug-likeness (QED) is 0.454. The Balaban J connectivity index is 0.000000291. The first-order valence-electron chi connectivity index (χ1n) is 3.47. The molecule has 0 amide bonds. The molecule has 0 saturated carbocycles. The predicted octanol–water partition coefficient (Wildman–Crippen LogP) is 2.24. The van der Waals surface area contributed by atoms with E-state index >= 15 is 0 Å². The summed E-state index contributed by atoms with van der Waals surface area (Å²) in [6, 6.07) is 0. The largest absolute Gasteiger partial charge is 0.381 e. The normalized spacial score (nSPS) is 20.1. The van der Waals surface area contributed by atoms with Crippen LogP contribution in [0, 0.1) is 5.92 Å². The van der Waals surface area contributed by atoms with Crippen LogP contribution in [0.5, 0.6) is 0 Å². The molecule has 0 radical (unpaired) electrons. The summed E-state index contributed by atoms with van der Waals surface area (Å²) in [6.07, 6.45) is 2.53. The van der Waals surface area contributed by atoms with E-state index in [1.807, 2.05) is 0 Å². The minimum Gasteiger partial charge on any atom is -0.381 e. The molecule has 1 fully saturated rings. The van der Waals surface area contributed by atoms with Crippen LogP contribution < -0.4 is 0 Å². The summed E-state index contributed by atoms with van der Waals surface area (Å²) in [5, 5.41) is 0. The molecule has 0 N–H and O–H groups in total. The predicted molar refractivity (Wildman–Crippen MR) is 40.5 cm³/mol. The fraction of sp³-hybridized carbons (Fsp3) is 0.750. The Kier molecular flexibility index (Phi) is 5.64. The van der Waals surface area contributed by atoms with Crippen molar-refractivity contribution in [3.63, 3.8) is 0 Å². The van der Waals surface area contributed by atoms with E-state index in [1.165, 1.54) is 12.8 Å². The van der Waals surface area contributed by atoms with Gasteiger partial charge in [-0.05, 0) is 18.8 Å². The van der Waals surface area contributed by atoms with E-state index in [-0.39, 0.29) is 0 Å². The summed E-state index contributed by atoms with van der Waals surface area (Å²) >= 11 is 0. The fourth-order valence-electron chi connectivity index (χ4n) is 0.815. The molecular weight excluding hydrogens is 112 g/mol. The Bertz CT molecular complexity index is 55.6. The molecule has 0 aromatic heterocycles. The first-order valence-corrected chi connectivity index (χ1v) is 3.47. The lowest BCUT2D eigenvalue weighted by atomic mass is 10.0. The van der Waals surface area contributed by atoms with Crippen LogP contribution in [0.2, 0.25) is 0 Å². The maximum absolute atomic E-state index is 5.14. The molecule has 1 rings (SSSR count). The second-order valence-electron chi connectivity index (χ2n) is 2.29. The van der Waals surface area contributed by atoms with Crippen molar-refractivity contribution < 1.29 is 4.74 Å². The molecule has 0 atom stereocenters. The van der Waals surface area contributed by atoms with Crippen molar-refractivity contribution in [1.82, 2.24) is 0 Å². The summed E-state index contributed by atoms with van der Waals surface area (Å²) in [4.78, 5) is 0. The van der Waals surface area contributed by atoms with E-state index in [1.54, 1.807) is 0 Å². The lowest BCUT2D eigenvalue weighted by Gasteiger charge is -2.16. The summed E-state index contributed by atoms with van der Waals surface area (Å²) in [5.74, 6) is 0.911. The van der Waals surface area contributed by atoms with Crippen LogP contribution in [0.25, 0.3) is 0 Å². The minimum atomic E-state index is 0.911. The number of rotatable bonds is 0. The van der Waals surface area contributed by atoms with E-state index < -0.39 is 0 Å². The van der Waals surface area contributed by atoms with Crippen molar-refractivity contribution in [2.75, 3.05) is 13.2 Å². The van der Waals surface area contributed by atoms with E-state index in [9.17, 15) is 0 Å². The highest BCUT2D eigenvalue weighted by molar-refractivity contribution is 4.55. The third kappa shape index (κ3) is 4.22. The van der Waals surface area contributed by atoms with Gasteiger partial charge in [-0.2, -0.15) is 0 Å². The van der Waals surface area contributed by atoms with E-state index in [0.717, 1.165) is 19.1 Å². The summed E-state index contributed by atoms with van der Waals surface area (Å²) in [5.41, 5.74) is 0. The lowest BCUT2D eigenvalue weighted by molar-refractivity contribution is 0.0716. The molecule has 0 aliphatic carbocycles. The first kappa shape index (κ1) is 8.70. The van der Waals surface area contributed by atoms with Gasteiger partial charge in [0.2, 0.25) is 0 Å². The second kappa shape index (κ2) is 5.83. The molecular formula is C8H16O. The number of hydrogen-bond acceptors (Lipinski definition) is 1.